The van der Waals surface area contributed by atoms with Gasteiger partial charge in [-0.05, 0) is 36.8 Å². The van der Waals surface area contributed by atoms with Crippen molar-refractivity contribution >= 4 is 41.5 Å². The summed E-state index contributed by atoms with van der Waals surface area (Å²) in [5, 5.41) is 11.3. The maximum absolute atomic E-state index is 5.91. The maximum Gasteiger partial charge on any atom is 0.246 e. The fourth-order valence-electron chi connectivity index (χ4n) is 2.78. The molecule has 0 amide bonds. The van der Waals surface area contributed by atoms with E-state index in [-0.39, 0.29) is 30.0 Å². The van der Waals surface area contributed by atoms with Crippen molar-refractivity contribution in [1.29, 1.82) is 0 Å². The molecular formula is C21H25ClIN5O. The van der Waals surface area contributed by atoms with E-state index in [0.29, 0.717) is 35.2 Å². The zero-order chi connectivity index (χ0) is 19.9. The first-order valence-corrected chi connectivity index (χ1v) is 9.55. The summed E-state index contributed by atoms with van der Waals surface area (Å²) in [6.45, 7) is 4.71. The van der Waals surface area contributed by atoms with Crippen molar-refractivity contribution in [3.05, 3.63) is 71.1 Å². The molecule has 0 bridgehead atoms. The lowest BCUT2D eigenvalue weighted by Crippen LogP contribution is -2.43. The van der Waals surface area contributed by atoms with Crippen molar-refractivity contribution < 1.29 is 4.52 Å². The van der Waals surface area contributed by atoms with Crippen LogP contribution in [-0.4, -0.2) is 29.2 Å². The second kappa shape index (κ2) is 11.2. The minimum atomic E-state index is 0. The molecule has 2 atom stereocenters. The molecule has 0 radical (unpaired) electrons. The van der Waals surface area contributed by atoms with Crippen molar-refractivity contribution in [2.24, 2.45) is 4.99 Å². The minimum absolute atomic E-state index is 0. The van der Waals surface area contributed by atoms with Crippen LogP contribution in [0.3, 0.4) is 0 Å². The number of halogens is 2. The van der Waals surface area contributed by atoms with Crippen molar-refractivity contribution in [2.75, 3.05) is 7.05 Å². The molecule has 0 aliphatic carbocycles. The summed E-state index contributed by atoms with van der Waals surface area (Å²) in [4.78, 5) is 8.70. The van der Waals surface area contributed by atoms with Gasteiger partial charge in [0.1, 0.15) is 0 Å². The number of benzene rings is 2. The molecule has 0 aliphatic rings. The first-order valence-electron chi connectivity index (χ1n) is 9.17. The molecule has 6 nitrogen and oxygen atoms in total. The Morgan fingerprint density at radius 2 is 1.79 bits per heavy atom. The van der Waals surface area contributed by atoms with E-state index in [9.17, 15) is 0 Å². The highest BCUT2D eigenvalue weighted by Crippen LogP contribution is 2.19. The van der Waals surface area contributed by atoms with Gasteiger partial charge in [-0.2, -0.15) is 4.98 Å². The van der Waals surface area contributed by atoms with E-state index >= 15 is 0 Å². The molecule has 29 heavy (non-hydrogen) atoms. The zero-order valence-electron chi connectivity index (χ0n) is 16.6. The lowest BCUT2D eigenvalue weighted by molar-refractivity contribution is 0.375. The van der Waals surface area contributed by atoms with Crippen LogP contribution in [0.25, 0.3) is 11.4 Å². The van der Waals surface area contributed by atoms with Gasteiger partial charge in [-0.15, -0.1) is 24.0 Å². The van der Waals surface area contributed by atoms with Crippen LogP contribution in [-0.2, 0) is 6.54 Å². The van der Waals surface area contributed by atoms with Gasteiger partial charge in [0, 0.05) is 29.6 Å². The Bertz CT molecular complexity index is 914. The summed E-state index contributed by atoms with van der Waals surface area (Å²) in [7, 11) is 1.74. The molecule has 3 rings (SSSR count). The Morgan fingerprint density at radius 1 is 1.10 bits per heavy atom. The number of hydrogen-bond donors (Lipinski definition) is 2. The van der Waals surface area contributed by atoms with E-state index in [1.807, 2.05) is 18.2 Å². The summed E-state index contributed by atoms with van der Waals surface area (Å²) < 4.78 is 5.33. The van der Waals surface area contributed by atoms with E-state index < -0.39 is 0 Å². The Balaban J connectivity index is 0.00000300. The van der Waals surface area contributed by atoms with E-state index in [1.54, 1.807) is 19.2 Å². The molecule has 2 unspecified atom stereocenters. The van der Waals surface area contributed by atoms with E-state index in [0.717, 1.165) is 5.56 Å². The SMILES string of the molecule is CN=C(NCc1nc(-c2ccc(Cl)cc2)no1)NC(C)C(C)c1ccccc1.I. The van der Waals surface area contributed by atoms with E-state index in [4.69, 9.17) is 16.1 Å². The van der Waals surface area contributed by atoms with Gasteiger partial charge in [-0.1, -0.05) is 54.0 Å². The van der Waals surface area contributed by atoms with Crippen molar-refractivity contribution in [1.82, 2.24) is 20.8 Å². The Morgan fingerprint density at radius 3 is 2.45 bits per heavy atom. The van der Waals surface area contributed by atoms with Gasteiger partial charge in [0.25, 0.3) is 0 Å². The third kappa shape index (κ3) is 6.43. The first kappa shape index (κ1) is 23.2. The highest BCUT2D eigenvalue weighted by molar-refractivity contribution is 14.0. The second-order valence-electron chi connectivity index (χ2n) is 6.58. The highest BCUT2D eigenvalue weighted by Gasteiger charge is 2.16. The standard InChI is InChI=1S/C21H24ClN5O.HI/c1-14(16-7-5-4-6-8-16)15(2)25-21(23-3)24-13-19-26-20(27-28-19)17-9-11-18(22)12-10-17;/h4-12,14-15H,13H2,1-3H3,(H2,23,24,25);1H. The third-order valence-corrected chi connectivity index (χ3v) is 4.89. The summed E-state index contributed by atoms with van der Waals surface area (Å²) in [5.74, 6) is 2.03. The van der Waals surface area contributed by atoms with Gasteiger partial charge in [-0.3, -0.25) is 4.99 Å². The van der Waals surface area contributed by atoms with Crippen molar-refractivity contribution in [3.8, 4) is 11.4 Å². The largest absolute Gasteiger partial charge is 0.353 e. The Kier molecular flexibility index (Phi) is 8.91. The normalized spacial score (nSPS) is 13.3. The molecule has 0 spiro atoms. The quantitative estimate of drug-likeness (QED) is 0.273. The van der Waals surface area contributed by atoms with Crippen LogP contribution in [0.15, 0.2) is 64.1 Å². The van der Waals surface area contributed by atoms with Crippen LogP contribution in [0.5, 0.6) is 0 Å². The van der Waals surface area contributed by atoms with Crippen LogP contribution in [0, 0.1) is 0 Å². The summed E-state index contributed by atoms with van der Waals surface area (Å²) >= 11 is 5.91. The van der Waals surface area contributed by atoms with Gasteiger partial charge in [0.05, 0.1) is 6.54 Å². The number of nitrogens with one attached hydrogen (secondary N) is 2. The molecule has 154 valence electrons. The molecule has 1 aromatic heterocycles. The molecule has 8 heteroatoms. The fourth-order valence-corrected chi connectivity index (χ4v) is 2.91. The molecule has 2 N–H and O–H groups in total. The summed E-state index contributed by atoms with van der Waals surface area (Å²) in [6, 6.07) is 17.9. The minimum Gasteiger partial charge on any atom is -0.353 e. The monoisotopic (exact) mass is 525 g/mol. The fraction of sp³-hybridized carbons (Fsp3) is 0.286. The van der Waals surface area contributed by atoms with Gasteiger partial charge < -0.3 is 15.2 Å². The smallest absolute Gasteiger partial charge is 0.246 e. The predicted molar refractivity (Wildman–Crippen MR) is 128 cm³/mol. The van der Waals surface area contributed by atoms with Gasteiger partial charge in [0.2, 0.25) is 11.7 Å². The van der Waals surface area contributed by atoms with Gasteiger partial charge in [0.15, 0.2) is 5.96 Å². The summed E-state index contributed by atoms with van der Waals surface area (Å²) in [5.41, 5.74) is 2.13. The number of nitrogens with zero attached hydrogens (tertiary/aromatic N) is 3. The lowest BCUT2D eigenvalue weighted by Gasteiger charge is -2.23. The van der Waals surface area contributed by atoms with Crippen molar-refractivity contribution in [2.45, 2.75) is 32.4 Å². The lowest BCUT2D eigenvalue weighted by atomic mass is 9.94. The molecule has 3 aromatic rings. The van der Waals surface area contributed by atoms with Crippen LogP contribution in [0.2, 0.25) is 5.02 Å². The zero-order valence-corrected chi connectivity index (χ0v) is 19.7. The molecule has 0 fully saturated rings. The van der Waals surface area contributed by atoms with Crippen molar-refractivity contribution in [3.63, 3.8) is 0 Å². The number of guanidine groups is 1. The highest BCUT2D eigenvalue weighted by atomic mass is 127. The molecular weight excluding hydrogens is 501 g/mol. The molecule has 0 aliphatic heterocycles. The summed E-state index contributed by atoms with van der Waals surface area (Å²) in [6.07, 6.45) is 0. The van der Waals surface area contributed by atoms with Gasteiger partial charge >= 0.3 is 0 Å². The third-order valence-electron chi connectivity index (χ3n) is 4.64. The molecule has 2 aromatic carbocycles. The first-order chi connectivity index (χ1) is 13.6. The average Bonchev–Trinajstić information content (AvgIpc) is 3.20. The molecule has 0 saturated heterocycles. The van der Waals surface area contributed by atoms with E-state index in [1.165, 1.54) is 5.56 Å². The predicted octanol–water partition coefficient (Wildman–Crippen LogP) is 4.87. The maximum atomic E-state index is 5.91. The van der Waals surface area contributed by atoms with Crippen LogP contribution >= 0.6 is 35.6 Å². The molecule has 1 heterocycles. The Labute approximate surface area is 193 Å². The number of aliphatic imine (C=N–C) groups is 1. The number of hydrogen-bond acceptors (Lipinski definition) is 4. The van der Waals surface area contributed by atoms with Gasteiger partial charge in [-0.25, -0.2) is 0 Å². The van der Waals surface area contributed by atoms with Crippen LogP contribution < -0.4 is 10.6 Å². The van der Waals surface area contributed by atoms with Crippen LogP contribution in [0.4, 0.5) is 0 Å². The molecule has 0 saturated carbocycles. The number of rotatable bonds is 6. The van der Waals surface area contributed by atoms with E-state index in [2.05, 4.69) is 63.9 Å². The average molecular weight is 526 g/mol. The topological polar surface area (TPSA) is 75.3 Å². The Hall–Kier alpha value is -2.13. The van der Waals surface area contributed by atoms with Crippen LogP contribution in [0.1, 0.15) is 31.2 Å². The number of aromatic nitrogens is 2. The second-order valence-corrected chi connectivity index (χ2v) is 7.01.